The fourth-order valence-corrected chi connectivity index (χ4v) is 2.90. The highest BCUT2D eigenvalue weighted by Gasteiger charge is 2.08. The van der Waals surface area contributed by atoms with Crippen LogP contribution in [-0.2, 0) is 6.54 Å². The van der Waals surface area contributed by atoms with E-state index >= 15 is 0 Å². The fourth-order valence-electron chi connectivity index (χ4n) is 1.90. The summed E-state index contributed by atoms with van der Waals surface area (Å²) in [5.74, 6) is -0.130. The number of aryl methyl sites for hydroxylation is 1. The van der Waals surface area contributed by atoms with Crippen LogP contribution in [0, 0.1) is 6.92 Å². The lowest BCUT2D eigenvalue weighted by molar-refractivity contribution is 0.0950. The van der Waals surface area contributed by atoms with Crippen molar-refractivity contribution in [1.82, 2.24) is 14.7 Å². The smallest absolute Gasteiger partial charge is 0.251 e. The highest BCUT2D eigenvalue weighted by atomic mass is 35.5. The SMILES string of the molecule is Cc1csc2nc(CNC(=O)c3ccc(Cl)cc3)cn12. The summed E-state index contributed by atoms with van der Waals surface area (Å²) < 4.78 is 2.02. The number of nitrogens with one attached hydrogen (secondary N) is 1. The maximum absolute atomic E-state index is 12.0. The van der Waals surface area contributed by atoms with Gasteiger partial charge in [0.2, 0.25) is 0 Å². The van der Waals surface area contributed by atoms with E-state index in [1.54, 1.807) is 35.6 Å². The number of amides is 1. The quantitative estimate of drug-likeness (QED) is 0.807. The van der Waals surface area contributed by atoms with Gasteiger partial charge in [-0.3, -0.25) is 9.20 Å². The third kappa shape index (κ3) is 2.55. The average molecular weight is 306 g/mol. The lowest BCUT2D eigenvalue weighted by Gasteiger charge is -2.03. The molecule has 0 saturated carbocycles. The Morgan fingerprint density at radius 2 is 2.15 bits per heavy atom. The van der Waals surface area contributed by atoms with Gasteiger partial charge in [0.15, 0.2) is 4.96 Å². The molecule has 0 aliphatic heterocycles. The summed E-state index contributed by atoms with van der Waals surface area (Å²) in [7, 11) is 0. The van der Waals surface area contributed by atoms with Gasteiger partial charge in [-0.2, -0.15) is 0 Å². The van der Waals surface area contributed by atoms with Crippen LogP contribution in [-0.4, -0.2) is 15.3 Å². The molecular weight excluding hydrogens is 294 g/mol. The van der Waals surface area contributed by atoms with Crippen LogP contribution in [0.15, 0.2) is 35.8 Å². The molecule has 2 heterocycles. The molecule has 0 atom stereocenters. The first-order chi connectivity index (χ1) is 9.63. The van der Waals surface area contributed by atoms with Crippen LogP contribution in [0.1, 0.15) is 21.7 Å². The minimum atomic E-state index is -0.130. The minimum Gasteiger partial charge on any atom is -0.346 e. The molecule has 102 valence electrons. The van der Waals surface area contributed by atoms with Crippen LogP contribution in [0.5, 0.6) is 0 Å². The molecule has 0 unspecified atom stereocenters. The van der Waals surface area contributed by atoms with Crippen LogP contribution in [0.2, 0.25) is 5.02 Å². The standard InChI is InChI=1S/C14H12ClN3OS/c1-9-8-20-14-17-12(7-18(9)14)6-16-13(19)10-2-4-11(15)5-3-10/h2-5,7-8H,6H2,1H3,(H,16,19). The predicted octanol–water partition coefficient (Wildman–Crippen LogP) is 3.29. The largest absolute Gasteiger partial charge is 0.346 e. The number of fused-ring (bicyclic) bond motifs is 1. The molecule has 1 amide bonds. The number of thiazole rings is 1. The van der Waals surface area contributed by atoms with Gasteiger partial charge in [-0.15, -0.1) is 11.3 Å². The van der Waals surface area contributed by atoms with Crippen LogP contribution in [0.4, 0.5) is 0 Å². The zero-order chi connectivity index (χ0) is 14.1. The number of hydrogen-bond acceptors (Lipinski definition) is 3. The summed E-state index contributed by atoms with van der Waals surface area (Å²) in [5.41, 5.74) is 2.58. The number of imidazole rings is 1. The number of carbonyl (C=O) groups excluding carboxylic acids is 1. The molecule has 1 aromatic carbocycles. The van der Waals surface area contributed by atoms with E-state index in [1.807, 2.05) is 17.5 Å². The van der Waals surface area contributed by atoms with Gasteiger partial charge < -0.3 is 5.32 Å². The van der Waals surface area contributed by atoms with E-state index in [0.29, 0.717) is 17.1 Å². The zero-order valence-electron chi connectivity index (χ0n) is 10.8. The molecular formula is C14H12ClN3OS. The molecule has 0 fully saturated rings. The summed E-state index contributed by atoms with van der Waals surface area (Å²) in [4.78, 5) is 17.4. The predicted molar refractivity (Wildman–Crippen MR) is 80.4 cm³/mol. The second kappa shape index (κ2) is 5.26. The second-order valence-electron chi connectivity index (χ2n) is 4.45. The molecule has 3 rings (SSSR count). The van der Waals surface area contributed by atoms with Gasteiger partial charge in [-0.1, -0.05) is 11.6 Å². The Labute approximate surface area is 125 Å². The Morgan fingerprint density at radius 3 is 2.85 bits per heavy atom. The molecule has 4 nitrogen and oxygen atoms in total. The molecule has 0 bridgehead atoms. The van der Waals surface area contributed by atoms with Gasteiger partial charge in [0.05, 0.1) is 12.2 Å². The van der Waals surface area contributed by atoms with E-state index in [2.05, 4.69) is 15.7 Å². The van der Waals surface area contributed by atoms with E-state index in [9.17, 15) is 4.79 Å². The van der Waals surface area contributed by atoms with Crippen molar-refractivity contribution in [3.05, 3.63) is 57.8 Å². The maximum atomic E-state index is 12.0. The fraction of sp³-hybridized carbons (Fsp3) is 0.143. The molecule has 3 aromatic rings. The Balaban J connectivity index is 1.69. The van der Waals surface area contributed by atoms with Crippen LogP contribution >= 0.6 is 22.9 Å². The molecule has 0 aliphatic carbocycles. The van der Waals surface area contributed by atoms with Gasteiger partial charge in [-0.05, 0) is 31.2 Å². The lowest BCUT2D eigenvalue weighted by Crippen LogP contribution is -2.22. The van der Waals surface area contributed by atoms with Gasteiger partial charge >= 0.3 is 0 Å². The van der Waals surface area contributed by atoms with Crippen LogP contribution < -0.4 is 5.32 Å². The lowest BCUT2D eigenvalue weighted by atomic mass is 10.2. The number of aromatic nitrogens is 2. The molecule has 20 heavy (non-hydrogen) atoms. The molecule has 0 spiro atoms. The molecule has 6 heteroatoms. The van der Waals surface area contributed by atoms with Crippen LogP contribution in [0.25, 0.3) is 4.96 Å². The van der Waals surface area contributed by atoms with Crippen molar-refractivity contribution >= 4 is 33.8 Å². The van der Waals surface area contributed by atoms with Gasteiger partial charge in [0.1, 0.15) is 0 Å². The van der Waals surface area contributed by atoms with E-state index in [0.717, 1.165) is 16.3 Å². The maximum Gasteiger partial charge on any atom is 0.251 e. The first-order valence-electron chi connectivity index (χ1n) is 6.09. The molecule has 0 aliphatic rings. The van der Waals surface area contributed by atoms with Crippen molar-refractivity contribution in [2.24, 2.45) is 0 Å². The van der Waals surface area contributed by atoms with Crippen molar-refractivity contribution < 1.29 is 4.79 Å². The number of halogens is 1. The summed E-state index contributed by atoms with van der Waals surface area (Å²) >= 11 is 7.38. The molecule has 2 aromatic heterocycles. The van der Waals surface area contributed by atoms with Crippen molar-refractivity contribution in [2.45, 2.75) is 13.5 Å². The Morgan fingerprint density at radius 1 is 1.40 bits per heavy atom. The normalized spacial score (nSPS) is 10.9. The highest BCUT2D eigenvalue weighted by molar-refractivity contribution is 7.15. The number of nitrogens with zero attached hydrogens (tertiary/aromatic N) is 2. The Kier molecular flexibility index (Phi) is 3.46. The van der Waals surface area contributed by atoms with Gasteiger partial charge in [-0.25, -0.2) is 4.98 Å². The summed E-state index contributed by atoms with van der Waals surface area (Å²) in [5, 5.41) is 5.52. The Hall–Kier alpha value is -1.85. The van der Waals surface area contributed by atoms with E-state index in [-0.39, 0.29) is 5.91 Å². The van der Waals surface area contributed by atoms with E-state index in [4.69, 9.17) is 11.6 Å². The number of rotatable bonds is 3. The third-order valence-electron chi connectivity index (χ3n) is 2.97. The molecule has 0 saturated heterocycles. The van der Waals surface area contributed by atoms with Crippen molar-refractivity contribution in [1.29, 1.82) is 0 Å². The zero-order valence-corrected chi connectivity index (χ0v) is 12.3. The summed E-state index contributed by atoms with van der Waals surface area (Å²) in [6.07, 6.45) is 1.95. The Bertz CT molecular complexity index is 760. The van der Waals surface area contributed by atoms with Crippen molar-refractivity contribution in [2.75, 3.05) is 0 Å². The van der Waals surface area contributed by atoms with Gasteiger partial charge in [0.25, 0.3) is 5.91 Å². The van der Waals surface area contributed by atoms with Crippen LogP contribution in [0.3, 0.4) is 0 Å². The van der Waals surface area contributed by atoms with E-state index < -0.39 is 0 Å². The van der Waals surface area contributed by atoms with E-state index in [1.165, 1.54) is 0 Å². The van der Waals surface area contributed by atoms with Crippen molar-refractivity contribution in [3.63, 3.8) is 0 Å². The first-order valence-corrected chi connectivity index (χ1v) is 7.35. The number of carbonyl (C=O) groups is 1. The summed E-state index contributed by atoms with van der Waals surface area (Å²) in [6.45, 7) is 2.44. The monoisotopic (exact) mass is 305 g/mol. The van der Waals surface area contributed by atoms with Crippen molar-refractivity contribution in [3.8, 4) is 0 Å². The third-order valence-corrected chi connectivity index (χ3v) is 4.18. The second-order valence-corrected chi connectivity index (χ2v) is 5.72. The topological polar surface area (TPSA) is 46.4 Å². The number of benzene rings is 1. The highest BCUT2D eigenvalue weighted by Crippen LogP contribution is 2.16. The minimum absolute atomic E-state index is 0.130. The first kappa shape index (κ1) is 13.1. The molecule has 0 radical (unpaired) electrons. The molecule has 1 N–H and O–H groups in total. The van der Waals surface area contributed by atoms with Gasteiger partial charge in [0, 0.05) is 27.9 Å². The average Bonchev–Trinajstić information content (AvgIpc) is 2.99. The number of hydrogen-bond donors (Lipinski definition) is 1. The summed E-state index contributed by atoms with van der Waals surface area (Å²) in [6, 6.07) is 6.81.